The van der Waals surface area contributed by atoms with E-state index in [4.69, 9.17) is 9.47 Å². The Morgan fingerprint density at radius 1 is 1.28 bits per heavy atom. The fraction of sp³-hybridized carbons (Fsp3) is 0.444. The molecule has 0 spiro atoms. The molecule has 2 N–H and O–H groups in total. The Labute approximate surface area is 148 Å². The molecule has 0 bridgehead atoms. The molecule has 1 aliphatic rings. The predicted molar refractivity (Wildman–Crippen MR) is 99.0 cm³/mol. The summed E-state index contributed by atoms with van der Waals surface area (Å²) in [5, 5.41) is 6.20. The van der Waals surface area contributed by atoms with Crippen molar-refractivity contribution in [3.8, 4) is 11.5 Å². The smallest absolute Gasteiger partial charge is 0.229 e. The SMILES string of the molecule is CNc1ccnc(Nc2ccc(OC)c(OC[C@@H]3CCN(C)C3)c2)n1. The van der Waals surface area contributed by atoms with Gasteiger partial charge in [0.1, 0.15) is 5.82 Å². The second kappa shape index (κ2) is 8.02. The van der Waals surface area contributed by atoms with Crippen molar-refractivity contribution < 1.29 is 9.47 Å². The summed E-state index contributed by atoms with van der Waals surface area (Å²) in [4.78, 5) is 10.9. The van der Waals surface area contributed by atoms with Crippen LogP contribution in [0.4, 0.5) is 17.5 Å². The van der Waals surface area contributed by atoms with Gasteiger partial charge in [0.15, 0.2) is 11.5 Å². The molecule has 7 heteroatoms. The van der Waals surface area contributed by atoms with Crippen molar-refractivity contribution in [2.24, 2.45) is 5.92 Å². The fourth-order valence-corrected chi connectivity index (χ4v) is 2.92. The molecule has 0 aliphatic carbocycles. The number of benzene rings is 1. The van der Waals surface area contributed by atoms with Crippen LogP contribution in [0.5, 0.6) is 11.5 Å². The summed E-state index contributed by atoms with van der Waals surface area (Å²) in [6.45, 7) is 2.90. The van der Waals surface area contributed by atoms with Crippen LogP contribution in [0.1, 0.15) is 6.42 Å². The Morgan fingerprint density at radius 2 is 2.16 bits per heavy atom. The molecule has 2 heterocycles. The van der Waals surface area contributed by atoms with Crippen molar-refractivity contribution in [2.75, 3.05) is 51.5 Å². The van der Waals surface area contributed by atoms with Crippen molar-refractivity contribution in [3.63, 3.8) is 0 Å². The molecule has 1 saturated heterocycles. The van der Waals surface area contributed by atoms with E-state index in [2.05, 4.69) is 32.5 Å². The van der Waals surface area contributed by atoms with Crippen LogP contribution in [0.15, 0.2) is 30.5 Å². The molecule has 1 aromatic heterocycles. The topological polar surface area (TPSA) is 71.5 Å². The van der Waals surface area contributed by atoms with E-state index in [9.17, 15) is 0 Å². The molecule has 0 saturated carbocycles. The van der Waals surface area contributed by atoms with Crippen LogP contribution in [-0.4, -0.2) is 55.8 Å². The van der Waals surface area contributed by atoms with Gasteiger partial charge in [-0.05, 0) is 38.2 Å². The summed E-state index contributed by atoms with van der Waals surface area (Å²) in [6.07, 6.45) is 2.88. The minimum absolute atomic E-state index is 0.528. The lowest BCUT2D eigenvalue weighted by Gasteiger charge is -2.16. The van der Waals surface area contributed by atoms with Crippen molar-refractivity contribution >= 4 is 17.5 Å². The molecule has 0 unspecified atom stereocenters. The third-order valence-corrected chi connectivity index (χ3v) is 4.29. The number of likely N-dealkylation sites (tertiary alicyclic amines) is 1. The highest BCUT2D eigenvalue weighted by Crippen LogP contribution is 2.32. The minimum atomic E-state index is 0.528. The number of hydrogen-bond acceptors (Lipinski definition) is 7. The maximum absolute atomic E-state index is 6.04. The first-order chi connectivity index (χ1) is 12.2. The number of anilines is 3. The molecule has 0 radical (unpaired) electrons. The van der Waals surface area contributed by atoms with E-state index in [1.807, 2.05) is 31.3 Å². The number of nitrogens with zero attached hydrogens (tertiary/aromatic N) is 3. The number of hydrogen-bond donors (Lipinski definition) is 2. The van der Waals surface area contributed by atoms with Crippen LogP contribution in [0.25, 0.3) is 0 Å². The van der Waals surface area contributed by atoms with Crippen LogP contribution >= 0.6 is 0 Å². The minimum Gasteiger partial charge on any atom is -0.493 e. The summed E-state index contributed by atoms with van der Waals surface area (Å²) in [5.41, 5.74) is 0.854. The van der Waals surface area contributed by atoms with Crippen molar-refractivity contribution in [1.29, 1.82) is 0 Å². The summed E-state index contributed by atoms with van der Waals surface area (Å²) in [5.74, 6) is 3.30. The van der Waals surface area contributed by atoms with E-state index in [0.717, 1.165) is 36.1 Å². The van der Waals surface area contributed by atoms with E-state index < -0.39 is 0 Å². The third-order valence-electron chi connectivity index (χ3n) is 4.29. The second-order valence-electron chi connectivity index (χ2n) is 6.23. The van der Waals surface area contributed by atoms with Gasteiger partial charge in [-0.25, -0.2) is 4.98 Å². The van der Waals surface area contributed by atoms with Crippen LogP contribution < -0.4 is 20.1 Å². The van der Waals surface area contributed by atoms with Crippen molar-refractivity contribution in [3.05, 3.63) is 30.5 Å². The zero-order chi connectivity index (χ0) is 17.6. The Bertz CT molecular complexity index is 710. The maximum Gasteiger partial charge on any atom is 0.229 e. The fourth-order valence-electron chi connectivity index (χ4n) is 2.92. The molecule has 1 fully saturated rings. The van der Waals surface area contributed by atoms with E-state index >= 15 is 0 Å². The van der Waals surface area contributed by atoms with Crippen molar-refractivity contribution in [1.82, 2.24) is 14.9 Å². The van der Waals surface area contributed by atoms with Crippen LogP contribution in [0, 0.1) is 5.92 Å². The first-order valence-corrected chi connectivity index (χ1v) is 8.45. The zero-order valence-electron chi connectivity index (χ0n) is 15.0. The van der Waals surface area contributed by atoms with Gasteiger partial charge in [0.05, 0.1) is 13.7 Å². The normalized spacial score (nSPS) is 17.3. The first kappa shape index (κ1) is 17.3. The van der Waals surface area contributed by atoms with Gasteiger partial charge in [-0.1, -0.05) is 0 Å². The molecule has 25 heavy (non-hydrogen) atoms. The molecule has 0 amide bonds. The summed E-state index contributed by atoms with van der Waals surface area (Å²) in [6, 6.07) is 7.55. The molecular weight excluding hydrogens is 318 g/mol. The molecule has 1 aromatic carbocycles. The van der Waals surface area contributed by atoms with E-state index in [0.29, 0.717) is 18.5 Å². The van der Waals surface area contributed by atoms with Gasteiger partial charge in [-0.15, -0.1) is 0 Å². The first-order valence-electron chi connectivity index (χ1n) is 8.45. The third kappa shape index (κ3) is 4.51. The van der Waals surface area contributed by atoms with Gasteiger partial charge in [-0.3, -0.25) is 0 Å². The lowest BCUT2D eigenvalue weighted by atomic mass is 10.1. The second-order valence-corrected chi connectivity index (χ2v) is 6.23. The number of rotatable bonds is 7. The average Bonchev–Trinajstić information content (AvgIpc) is 3.05. The lowest BCUT2D eigenvalue weighted by molar-refractivity contribution is 0.238. The van der Waals surface area contributed by atoms with E-state index in [1.54, 1.807) is 13.3 Å². The number of nitrogens with one attached hydrogen (secondary N) is 2. The Hall–Kier alpha value is -2.54. The highest BCUT2D eigenvalue weighted by atomic mass is 16.5. The van der Waals surface area contributed by atoms with Gasteiger partial charge < -0.3 is 25.0 Å². The summed E-state index contributed by atoms with van der Waals surface area (Å²) >= 11 is 0. The Morgan fingerprint density at radius 3 is 2.88 bits per heavy atom. The molecule has 3 rings (SSSR count). The van der Waals surface area contributed by atoms with E-state index in [-0.39, 0.29) is 0 Å². The molecule has 7 nitrogen and oxygen atoms in total. The largest absolute Gasteiger partial charge is 0.493 e. The zero-order valence-corrected chi connectivity index (χ0v) is 15.0. The molecular formula is C18H25N5O2. The quantitative estimate of drug-likeness (QED) is 0.800. The Kier molecular flexibility index (Phi) is 5.55. The molecule has 2 aromatic rings. The maximum atomic E-state index is 6.04. The van der Waals surface area contributed by atoms with Gasteiger partial charge in [0, 0.05) is 37.5 Å². The van der Waals surface area contributed by atoms with Gasteiger partial charge in [0.2, 0.25) is 5.95 Å². The summed E-state index contributed by atoms with van der Waals surface area (Å²) in [7, 11) is 5.62. The standard InChI is InChI=1S/C18H25N5O2/c1-19-17-6-8-20-18(22-17)21-14-4-5-15(24-3)16(10-14)25-12-13-7-9-23(2)11-13/h4-6,8,10,13H,7,9,11-12H2,1-3H3,(H2,19,20,21,22)/t13-/m1/s1. The number of aromatic nitrogens is 2. The number of methoxy groups -OCH3 is 1. The molecule has 1 atom stereocenters. The van der Waals surface area contributed by atoms with Gasteiger partial charge in [-0.2, -0.15) is 4.98 Å². The molecule has 134 valence electrons. The predicted octanol–water partition coefficient (Wildman–Crippen LogP) is 2.60. The lowest BCUT2D eigenvalue weighted by Crippen LogP contribution is -2.18. The monoisotopic (exact) mass is 343 g/mol. The molecule has 1 aliphatic heterocycles. The van der Waals surface area contributed by atoms with Gasteiger partial charge in [0.25, 0.3) is 0 Å². The highest BCUT2D eigenvalue weighted by molar-refractivity contribution is 5.60. The highest BCUT2D eigenvalue weighted by Gasteiger charge is 2.20. The summed E-state index contributed by atoms with van der Waals surface area (Å²) < 4.78 is 11.5. The van der Waals surface area contributed by atoms with Gasteiger partial charge >= 0.3 is 0 Å². The van der Waals surface area contributed by atoms with E-state index in [1.165, 1.54) is 6.42 Å². The average molecular weight is 343 g/mol. The number of ether oxygens (including phenoxy) is 2. The Balaban J connectivity index is 1.70. The van der Waals surface area contributed by atoms with Crippen molar-refractivity contribution in [2.45, 2.75) is 6.42 Å². The van der Waals surface area contributed by atoms with Crippen LogP contribution in [-0.2, 0) is 0 Å². The van der Waals surface area contributed by atoms with Crippen LogP contribution in [0.3, 0.4) is 0 Å². The van der Waals surface area contributed by atoms with Crippen LogP contribution in [0.2, 0.25) is 0 Å².